The highest BCUT2D eigenvalue weighted by atomic mass is 14.9. The molecule has 1 aliphatic heterocycles. The molecule has 1 aromatic rings. The highest BCUT2D eigenvalue weighted by Gasteiger charge is 2.19. The topological polar surface area (TPSA) is 38.0 Å². The van der Waals surface area contributed by atoms with Crippen molar-refractivity contribution in [3.63, 3.8) is 0 Å². The van der Waals surface area contributed by atoms with Crippen LogP contribution in [0.4, 0.5) is 0 Å². The van der Waals surface area contributed by atoms with Gasteiger partial charge in [0.1, 0.15) is 0 Å². The molecule has 0 saturated carbocycles. The van der Waals surface area contributed by atoms with Gasteiger partial charge in [-0.1, -0.05) is 63.3 Å². The van der Waals surface area contributed by atoms with E-state index in [0.29, 0.717) is 5.92 Å². The Kier molecular flexibility index (Phi) is 11.8. The van der Waals surface area contributed by atoms with Gasteiger partial charge in [0.2, 0.25) is 0 Å². The lowest BCUT2D eigenvalue weighted by Gasteiger charge is -2.25. The van der Waals surface area contributed by atoms with Crippen molar-refractivity contribution in [3.05, 3.63) is 75.9 Å². The molecule has 1 aliphatic rings. The molecule has 3 N–H and O–H groups in total. The van der Waals surface area contributed by atoms with Gasteiger partial charge in [0.25, 0.3) is 0 Å². The van der Waals surface area contributed by atoms with Crippen molar-refractivity contribution in [2.24, 2.45) is 5.73 Å². The first-order valence-corrected chi connectivity index (χ1v) is 12.1. The first kappa shape index (κ1) is 27.1. The average molecular weight is 423 g/mol. The van der Waals surface area contributed by atoms with E-state index in [-0.39, 0.29) is 6.04 Å². The fourth-order valence-electron chi connectivity index (χ4n) is 4.35. The van der Waals surface area contributed by atoms with Gasteiger partial charge in [-0.2, -0.15) is 0 Å². The Morgan fingerprint density at radius 1 is 1.23 bits per heavy atom. The molecule has 1 heterocycles. The zero-order valence-electron chi connectivity index (χ0n) is 21.4. The standard InChI is InChI=1S/C27H40N2.C2H6/c1-8-22(16-19(5)18(3)4)27(21(7)28)25(9-2)26-11-10-24(17-20(26)6)23-12-14-29-15-13-23;1-2/h8,10-11,16-17,21,23,29H,3,9,12-15,28H2,1-2,4-7H3;1-2H3/b19-16-,22-8+,27-25+;. The van der Waals surface area contributed by atoms with Crippen molar-refractivity contribution in [1.82, 2.24) is 5.32 Å². The van der Waals surface area contributed by atoms with Gasteiger partial charge in [-0.05, 0) is 112 Å². The minimum atomic E-state index is -0.0335. The number of hydrogen-bond acceptors (Lipinski definition) is 2. The van der Waals surface area contributed by atoms with Gasteiger partial charge in [0, 0.05) is 6.04 Å². The third kappa shape index (κ3) is 7.33. The number of benzene rings is 1. The molecule has 2 nitrogen and oxygen atoms in total. The van der Waals surface area contributed by atoms with E-state index in [2.05, 4.69) is 83.8 Å². The van der Waals surface area contributed by atoms with Crippen molar-refractivity contribution in [2.75, 3.05) is 13.1 Å². The number of piperidine rings is 1. The van der Waals surface area contributed by atoms with Gasteiger partial charge in [-0.3, -0.25) is 0 Å². The summed E-state index contributed by atoms with van der Waals surface area (Å²) in [5, 5.41) is 3.47. The van der Waals surface area contributed by atoms with Crippen LogP contribution in [0.15, 0.2) is 59.2 Å². The van der Waals surface area contributed by atoms with Crippen LogP contribution in [-0.4, -0.2) is 19.1 Å². The van der Waals surface area contributed by atoms with Crippen LogP contribution < -0.4 is 11.1 Å². The summed E-state index contributed by atoms with van der Waals surface area (Å²) in [7, 11) is 0. The van der Waals surface area contributed by atoms with Crippen molar-refractivity contribution in [2.45, 2.75) is 86.6 Å². The quantitative estimate of drug-likeness (QED) is 0.447. The van der Waals surface area contributed by atoms with E-state index < -0.39 is 0 Å². The van der Waals surface area contributed by atoms with Gasteiger partial charge in [-0.25, -0.2) is 0 Å². The minimum Gasteiger partial charge on any atom is -0.324 e. The summed E-state index contributed by atoms with van der Waals surface area (Å²) in [6.07, 6.45) is 7.83. The number of hydrogen-bond donors (Lipinski definition) is 2. The fraction of sp³-hybridized carbons (Fsp3) is 0.517. The van der Waals surface area contributed by atoms with Crippen LogP contribution in [0, 0.1) is 6.92 Å². The molecule has 0 spiro atoms. The van der Waals surface area contributed by atoms with Crippen LogP contribution in [0.3, 0.4) is 0 Å². The van der Waals surface area contributed by atoms with E-state index in [1.807, 2.05) is 13.8 Å². The second-order valence-corrected chi connectivity index (χ2v) is 8.48. The summed E-state index contributed by atoms with van der Waals surface area (Å²) in [6.45, 7) is 23.2. The Bertz CT molecular complexity index is 815. The Labute approximate surface area is 192 Å². The SMILES string of the molecule is C=C(C)\C(C)=C/C(=C\C)C(=C(\CC)c1ccc(C2CCNCC2)cc1C)/C(C)N.CC. The predicted octanol–water partition coefficient (Wildman–Crippen LogP) is 7.47. The van der Waals surface area contributed by atoms with Crippen LogP contribution in [0.25, 0.3) is 5.57 Å². The number of aryl methyl sites for hydroxylation is 1. The number of nitrogens with two attached hydrogens (primary N) is 1. The van der Waals surface area contributed by atoms with Gasteiger partial charge >= 0.3 is 0 Å². The summed E-state index contributed by atoms with van der Waals surface area (Å²) in [5.41, 5.74) is 16.8. The van der Waals surface area contributed by atoms with Crippen molar-refractivity contribution in [1.29, 1.82) is 0 Å². The molecule has 1 saturated heterocycles. The number of nitrogens with one attached hydrogen (secondary N) is 1. The molecule has 0 aliphatic carbocycles. The molecular formula is C29H46N2. The zero-order chi connectivity index (χ0) is 23.6. The molecule has 2 heteroatoms. The first-order valence-electron chi connectivity index (χ1n) is 12.1. The second kappa shape index (κ2) is 13.5. The zero-order valence-corrected chi connectivity index (χ0v) is 21.4. The van der Waals surface area contributed by atoms with Crippen LogP contribution >= 0.6 is 0 Å². The van der Waals surface area contributed by atoms with Crippen LogP contribution in [0.5, 0.6) is 0 Å². The average Bonchev–Trinajstić information content (AvgIpc) is 2.78. The maximum atomic E-state index is 6.52. The normalized spacial score (nSPS) is 17.5. The molecule has 0 bridgehead atoms. The summed E-state index contributed by atoms with van der Waals surface area (Å²) in [4.78, 5) is 0. The van der Waals surface area contributed by atoms with Crippen molar-refractivity contribution < 1.29 is 0 Å². The smallest absolute Gasteiger partial charge is 0.0274 e. The van der Waals surface area contributed by atoms with E-state index >= 15 is 0 Å². The predicted molar refractivity (Wildman–Crippen MR) is 141 cm³/mol. The molecule has 1 fully saturated rings. The largest absolute Gasteiger partial charge is 0.324 e. The summed E-state index contributed by atoms with van der Waals surface area (Å²) < 4.78 is 0. The van der Waals surface area contributed by atoms with E-state index in [1.54, 1.807) is 0 Å². The van der Waals surface area contributed by atoms with Crippen molar-refractivity contribution in [3.8, 4) is 0 Å². The van der Waals surface area contributed by atoms with Crippen molar-refractivity contribution >= 4 is 5.57 Å². The van der Waals surface area contributed by atoms with Gasteiger partial charge in [0.05, 0.1) is 0 Å². The van der Waals surface area contributed by atoms with Crippen LogP contribution in [0.2, 0.25) is 0 Å². The van der Waals surface area contributed by atoms with E-state index in [1.165, 1.54) is 51.8 Å². The number of rotatable bonds is 7. The van der Waals surface area contributed by atoms with Crippen LogP contribution in [-0.2, 0) is 0 Å². The lowest BCUT2D eigenvalue weighted by Crippen LogP contribution is -2.26. The third-order valence-electron chi connectivity index (χ3n) is 6.19. The molecule has 1 atom stereocenters. The maximum absolute atomic E-state index is 6.52. The molecule has 0 aromatic heterocycles. The highest BCUT2D eigenvalue weighted by molar-refractivity contribution is 5.76. The molecule has 0 radical (unpaired) electrons. The Hall–Kier alpha value is -1.90. The molecule has 2 rings (SSSR count). The van der Waals surface area contributed by atoms with E-state index in [4.69, 9.17) is 5.73 Å². The lowest BCUT2D eigenvalue weighted by atomic mass is 9.83. The van der Waals surface area contributed by atoms with Gasteiger partial charge in [0.15, 0.2) is 0 Å². The second-order valence-electron chi connectivity index (χ2n) is 8.48. The van der Waals surface area contributed by atoms with Crippen LogP contribution in [0.1, 0.15) is 90.3 Å². The first-order chi connectivity index (χ1) is 14.8. The Morgan fingerprint density at radius 3 is 2.29 bits per heavy atom. The monoisotopic (exact) mass is 422 g/mol. The van der Waals surface area contributed by atoms with Gasteiger partial charge < -0.3 is 11.1 Å². The summed E-state index contributed by atoms with van der Waals surface area (Å²) in [5.74, 6) is 0.679. The van der Waals surface area contributed by atoms with Gasteiger partial charge in [-0.15, -0.1) is 0 Å². The number of allylic oxidation sites excluding steroid dienone is 5. The fourth-order valence-corrected chi connectivity index (χ4v) is 4.35. The molecular weight excluding hydrogens is 376 g/mol. The molecule has 172 valence electrons. The van der Waals surface area contributed by atoms with E-state index in [9.17, 15) is 0 Å². The molecule has 0 amide bonds. The lowest BCUT2D eigenvalue weighted by molar-refractivity contribution is 0.460. The molecule has 1 unspecified atom stereocenters. The summed E-state index contributed by atoms with van der Waals surface area (Å²) >= 11 is 0. The highest BCUT2D eigenvalue weighted by Crippen LogP contribution is 2.34. The Balaban J connectivity index is 0.00000233. The van der Waals surface area contributed by atoms with E-state index in [0.717, 1.165) is 25.1 Å². The summed E-state index contributed by atoms with van der Waals surface area (Å²) in [6, 6.07) is 7.05. The maximum Gasteiger partial charge on any atom is 0.0274 e. The Morgan fingerprint density at radius 2 is 1.84 bits per heavy atom. The molecule has 31 heavy (non-hydrogen) atoms. The minimum absolute atomic E-state index is 0.0335. The molecule has 1 aromatic carbocycles. The third-order valence-corrected chi connectivity index (χ3v) is 6.19.